The molecule has 120 valence electrons. The van der Waals surface area contributed by atoms with Gasteiger partial charge in [-0.1, -0.05) is 41.5 Å². The lowest BCUT2D eigenvalue weighted by atomic mass is 10.2. The van der Waals surface area contributed by atoms with E-state index in [2.05, 4.69) is 51.8 Å². The summed E-state index contributed by atoms with van der Waals surface area (Å²) in [6.07, 6.45) is 1.86. The number of hydrogen-bond acceptors (Lipinski definition) is 2. The average Bonchev–Trinajstić information content (AvgIpc) is 3.20. The van der Waals surface area contributed by atoms with Crippen LogP contribution in [0.15, 0.2) is 22.7 Å². The number of ether oxygens (including phenoxy) is 2. The third kappa shape index (κ3) is 5.62. The van der Waals surface area contributed by atoms with E-state index in [0.29, 0.717) is 11.7 Å². The Morgan fingerprint density at radius 3 is 2.41 bits per heavy atom. The van der Waals surface area contributed by atoms with E-state index in [-0.39, 0.29) is 11.9 Å². The van der Waals surface area contributed by atoms with Gasteiger partial charge in [0.25, 0.3) is 0 Å². The molecule has 2 nitrogen and oxygen atoms in total. The summed E-state index contributed by atoms with van der Waals surface area (Å²) in [4.78, 5) is 0. The molecule has 0 saturated heterocycles. The molecule has 0 bridgehead atoms. The van der Waals surface area contributed by atoms with Crippen molar-refractivity contribution >= 4 is 24.0 Å². The van der Waals surface area contributed by atoms with E-state index in [9.17, 15) is 8.78 Å². The highest BCUT2D eigenvalue weighted by Crippen LogP contribution is 2.38. The predicted octanol–water partition coefficient (Wildman–Crippen LogP) is 5.09. The van der Waals surface area contributed by atoms with E-state index >= 15 is 0 Å². The first kappa shape index (κ1) is 17.3. The normalized spacial score (nSPS) is 16.0. The van der Waals surface area contributed by atoms with Crippen LogP contribution < -0.4 is 9.47 Å². The van der Waals surface area contributed by atoms with Crippen molar-refractivity contribution in [2.45, 2.75) is 45.2 Å². The molecule has 0 amide bonds. The SMILES string of the molecule is C[Si](C)(C)C#CC(Oc1cc(Br)ccc1OC(F)F)C1CC1. The monoisotopic (exact) mass is 388 g/mol. The smallest absolute Gasteiger partial charge is 0.387 e. The van der Waals surface area contributed by atoms with Gasteiger partial charge in [-0.25, -0.2) is 0 Å². The molecule has 1 fully saturated rings. The molecule has 0 N–H and O–H groups in total. The van der Waals surface area contributed by atoms with Crippen LogP contribution >= 0.6 is 15.9 Å². The van der Waals surface area contributed by atoms with Crippen LogP contribution in [0.1, 0.15) is 12.8 Å². The highest BCUT2D eigenvalue weighted by Gasteiger charge is 2.33. The zero-order chi connectivity index (χ0) is 16.3. The second-order valence-corrected chi connectivity index (χ2v) is 12.0. The van der Waals surface area contributed by atoms with Crippen LogP contribution in [0, 0.1) is 17.4 Å². The summed E-state index contributed by atoms with van der Waals surface area (Å²) in [5.41, 5.74) is 3.30. The molecule has 0 aliphatic heterocycles. The molecular weight excluding hydrogens is 370 g/mol. The fourth-order valence-corrected chi connectivity index (χ4v) is 2.75. The lowest BCUT2D eigenvalue weighted by molar-refractivity contribution is -0.0518. The van der Waals surface area contributed by atoms with Gasteiger partial charge in [-0.3, -0.25) is 0 Å². The Balaban J connectivity index is 2.22. The van der Waals surface area contributed by atoms with Crippen LogP contribution in [0.4, 0.5) is 8.78 Å². The molecule has 0 aromatic heterocycles. The fourth-order valence-electron chi connectivity index (χ4n) is 1.83. The van der Waals surface area contributed by atoms with Crippen molar-refractivity contribution in [1.29, 1.82) is 0 Å². The van der Waals surface area contributed by atoms with Crippen molar-refractivity contribution in [1.82, 2.24) is 0 Å². The van der Waals surface area contributed by atoms with E-state index in [1.54, 1.807) is 12.1 Å². The minimum Gasteiger partial charge on any atom is -0.474 e. The second kappa shape index (κ2) is 7.01. The van der Waals surface area contributed by atoms with Crippen LogP contribution in [0.2, 0.25) is 19.6 Å². The van der Waals surface area contributed by atoms with Gasteiger partial charge in [0.1, 0.15) is 8.07 Å². The van der Waals surface area contributed by atoms with Crippen molar-refractivity contribution in [2.24, 2.45) is 5.92 Å². The molecule has 1 aromatic carbocycles. The van der Waals surface area contributed by atoms with E-state index in [1.165, 1.54) is 6.07 Å². The molecule has 1 aliphatic carbocycles. The van der Waals surface area contributed by atoms with E-state index in [1.807, 2.05) is 0 Å². The van der Waals surface area contributed by atoms with Gasteiger partial charge < -0.3 is 9.47 Å². The van der Waals surface area contributed by atoms with Crippen LogP contribution in [-0.2, 0) is 0 Å². The van der Waals surface area contributed by atoms with Gasteiger partial charge in [0.15, 0.2) is 17.6 Å². The lowest BCUT2D eigenvalue weighted by Gasteiger charge is -2.17. The molecule has 1 unspecified atom stereocenters. The first-order chi connectivity index (χ1) is 10.2. The number of rotatable bonds is 5. The van der Waals surface area contributed by atoms with Crippen molar-refractivity contribution in [3.63, 3.8) is 0 Å². The summed E-state index contributed by atoms with van der Waals surface area (Å²) in [5, 5.41) is 0. The van der Waals surface area contributed by atoms with Crippen LogP contribution in [0.25, 0.3) is 0 Å². The number of halogens is 3. The third-order valence-corrected chi connectivity index (χ3v) is 4.40. The quantitative estimate of drug-likeness (QED) is 0.516. The summed E-state index contributed by atoms with van der Waals surface area (Å²) < 4.78 is 36.2. The molecule has 1 aromatic rings. The molecule has 0 heterocycles. The molecule has 1 aliphatic rings. The Hall–Kier alpha value is -1.06. The number of benzene rings is 1. The van der Waals surface area contributed by atoms with E-state index < -0.39 is 14.7 Å². The van der Waals surface area contributed by atoms with Crippen molar-refractivity contribution in [2.75, 3.05) is 0 Å². The summed E-state index contributed by atoms with van der Waals surface area (Å²) >= 11 is 3.32. The Bertz CT molecular complexity index is 586. The summed E-state index contributed by atoms with van der Waals surface area (Å²) in [7, 11) is -1.51. The number of alkyl halides is 2. The molecule has 1 saturated carbocycles. The molecule has 0 radical (unpaired) electrons. The molecule has 2 rings (SSSR count). The minimum atomic E-state index is -2.88. The topological polar surface area (TPSA) is 18.5 Å². The molecule has 0 spiro atoms. The lowest BCUT2D eigenvalue weighted by Crippen LogP contribution is -2.22. The van der Waals surface area contributed by atoms with Gasteiger partial charge in [0, 0.05) is 10.4 Å². The summed E-state index contributed by atoms with van der Waals surface area (Å²) in [6, 6.07) is 4.76. The maximum absolute atomic E-state index is 12.5. The standard InChI is InChI=1S/C16H19BrF2O2Si/c1-22(2,3)9-8-13(11-4-5-11)20-15-10-12(17)6-7-14(15)21-16(18)19/h6-7,10-11,13,16H,4-5H2,1-3H3. The van der Waals surface area contributed by atoms with E-state index in [0.717, 1.165) is 17.3 Å². The van der Waals surface area contributed by atoms with Crippen molar-refractivity contribution < 1.29 is 18.3 Å². The first-order valence-electron chi connectivity index (χ1n) is 7.18. The minimum absolute atomic E-state index is 0.0404. The highest BCUT2D eigenvalue weighted by molar-refractivity contribution is 9.10. The van der Waals surface area contributed by atoms with Crippen LogP contribution in [-0.4, -0.2) is 20.8 Å². The number of hydrogen-bond donors (Lipinski definition) is 0. The summed E-state index contributed by atoms with van der Waals surface area (Å²) in [5.74, 6) is 3.92. The maximum atomic E-state index is 12.5. The van der Waals surface area contributed by atoms with Gasteiger partial charge in [-0.05, 0) is 31.0 Å². The predicted molar refractivity (Wildman–Crippen MR) is 89.0 cm³/mol. The maximum Gasteiger partial charge on any atom is 0.387 e. The fraction of sp³-hybridized carbons (Fsp3) is 0.500. The largest absolute Gasteiger partial charge is 0.474 e. The van der Waals surface area contributed by atoms with E-state index in [4.69, 9.17) is 4.74 Å². The molecule has 1 atom stereocenters. The Morgan fingerprint density at radius 2 is 1.86 bits per heavy atom. The average molecular weight is 389 g/mol. The second-order valence-electron chi connectivity index (χ2n) is 6.36. The first-order valence-corrected chi connectivity index (χ1v) is 11.5. The van der Waals surface area contributed by atoms with Gasteiger partial charge in [0.2, 0.25) is 0 Å². The Morgan fingerprint density at radius 1 is 1.18 bits per heavy atom. The molecule has 22 heavy (non-hydrogen) atoms. The van der Waals surface area contributed by atoms with Crippen LogP contribution in [0.3, 0.4) is 0 Å². The van der Waals surface area contributed by atoms with Crippen LogP contribution in [0.5, 0.6) is 11.5 Å². The van der Waals surface area contributed by atoms with Gasteiger partial charge in [-0.2, -0.15) is 8.78 Å². The Labute approximate surface area is 139 Å². The van der Waals surface area contributed by atoms with Gasteiger partial charge in [-0.15, -0.1) is 5.54 Å². The third-order valence-electron chi connectivity index (χ3n) is 3.02. The Kier molecular flexibility index (Phi) is 5.51. The van der Waals surface area contributed by atoms with Crippen molar-refractivity contribution in [3.8, 4) is 23.0 Å². The summed E-state index contributed by atoms with van der Waals surface area (Å²) in [6.45, 7) is 3.60. The molecule has 6 heteroatoms. The van der Waals surface area contributed by atoms with Crippen molar-refractivity contribution in [3.05, 3.63) is 22.7 Å². The van der Waals surface area contributed by atoms with Gasteiger partial charge >= 0.3 is 6.61 Å². The zero-order valence-electron chi connectivity index (χ0n) is 12.8. The zero-order valence-corrected chi connectivity index (χ0v) is 15.4. The molecular formula is C16H19BrF2O2Si. The van der Waals surface area contributed by atoms with Gasteiger partial charge in [0.05, 0.1) is 0 Å². The highest BCUT2D eigenvalue weighted by atomic mass is 79.9.